The van der Waals surface area contributed by atoms with Crippen molar-refractivity contribution in [2.24, 2.45) is 39.4 Å². The molecule has 3 unspecified atom stereocenters. The van der Waals surface area contributed by atoms with Crippen molar-refractivity contribution in [1.82, 2.24) is 0 Å². The maximum absolute atomic E-state index is 10.1. The van der Waals surface area contributed by atoms with Gasteiger partial charge in [0, 0.05) is 6.61 Å². The van der Waals surface area contributed by atoms with Gasteiger partial charge >= 0.3 is 0 Å². The summed E-state index contributed by atoms with van der Waals surface area (Å²) < 4.78 is 0. The maximum atomic E-state index is 10.1. The summed E-state index contributed by atoms with van der Waals surface area (Å²) in [6, 6.07) is 0. The fourth-order valence-corrected chi connectivity index (χ4v) is 5.64. The monoisotopic (exact) mass is 382 g/mol. The van der Waals surface area contributed by atoms with Crippen molar-refractivity contribution in [3.63, 3.8) is 0 Å². The van der Waals surface area contributed by atoms with E-state index in [2.05, 4.69) is 83.1 Å². The first-order valence-electron chi connectivity index (χ1n) is 11.5. The van der Waals surface area contributed by atoms with E-state index in [9.17, 15) is 5.11 Å². The molecule has 1 nitrogen and oxygen atoms in total. The predicted molar refractivity (Wildman–Crippen MR) is 123 cm³/mol. The molecule has 0 aromatic rings. The molecule has 0 saturated carbocycles. The van der Waals surface area contributed by atoms with Gasteiger partial charge < -0.3 is 5.11 Å². The molecule has 0 aromatic carbocycles. The van der Waals surface area contributed by atoms with Crippen LogP contribution in [0.25, 0.3) is 0 Å². The van der Waals surface area contributed by atoms with Crippen molar-refractivity contribution in [1.29, 1.82) is 0 Å². The van der Waals surface area contributed by atoms with E-state index < -0.39 is 0 Å². The van der Waals surface area contributed by atoms with Gasteiger partial charge in [0.15, 0.2) is 0 Å². The molecule has 0 aliphatic rings. The minimum absolute atomic E-state index is 0.201. The summed E-state index contributed by atoms with van der Waals surface area (Å²) in [4.78, 5) is 0. The van der Waals surface area contributed by atoms with Crippen LogP contribution in [-0.4, -0.2) is 11.7 Å². The third-order valence-corrected chi connectivity index (χ3v) is 6.19. The van der Waals surface area contributed by atoms with E-state index in [-0.39, 0.29) is 5.41 Å². The zero-order chi connectivity index (χ0) is 21.7. The summed E-state index contributed by atoms with van der Waals surface area (Å²) in [6.45, 7) is 28.8. The SMILES string of the molecule is CC(CC(C)(C)C)CC(C)(C)CCC(CO)C(C)(C)CC(C)CC(C)(C)C. The van der Waals surface area contributed by atoms with E-state index in [1.54, 1.807) is 0 Å². The molecule has 0 aliphatic carbocycles. The Balaban J connectivity index is 4.76. The predicted octanol–water partition coefficient (Wildman–Crippen LogP) is 8.35. The molecule has 27 heavy (non-hydrogen) atoms. The normalized spacial score (nSPS) is 17.7. The molecule has 3 atom stereocenters. The third-order valence-electron chi connectivity index (χ3n) is 6.19. The van der Waals surface area contributed by atoms with Crippen molar-refractivity contribution < 1.29 is 5.11 Å². The Bertz CT molecular complexity index is 405. The molecular formula is C26H54O. The quantitative estimate of drug-likeness (QED) is 0.380. The largest absolute Gasteiger partial charge is 0.396 e. The second-order valence-electron chi connectivity index (χ2n) is 13.7. The minimum atomic E-state index is 0.201. The molecule has 0 spiro atoms. The molecule has 0 bridgehead atoms. The van der Waals surface area contributed by atoms with Crippen LogP contribution >= 0.6 is 0 Å². The van der Waals surface area contributed by atoms with Crippen LogP contribution in [0.1, 0.15) is 122 Å². The molecule has 0 fully saturated rings. The second-order valence-corrected chi connectivity index (χ2v) is 13.7. The van der Waals surface area contributed by atoms with Crippen molar-refractivity contribution in [2.75, 3.05) is 6.61 Å². The van der Waals surface area contributed by atoms with E-state index >= 15 is 0 Å². The summed E-state index contributed by atoms with van der Waals surface area (Å²) in [5.41, 5.74) is 1.35. The molecule has 0 rings (SSSR count). The van der Waals surface area contributed by atoms with Crippen molar-refractivity contribution >= 4 is 0 Å². The highest BCUT2D eigenvalue weighted by Gasteiger charge is 2.33. The van der Waals surface area contributed by atoms with E-state index in [1.807, 2.05) is 0 Å². The average Bonchev–Trinajstić information content (AvgIpc) is 2.31. The number of hydrogen-bond donors (Lipinski definition) is 1. The molecule has 0 heterocycles. The fourth-order valence-electron chi connectivity index (χ4n) is 5.64. The Labute approximate surface area is 173 Å². The van der Waals surface area contributed by atoms with Crippen LogP contribution in [0.3, 0.4) is 0 Å². The van der Waals surface area contributed by atoms with Crippen LogP contribution in [0.15, 0.2) is 0 Å². The highest BCUT2D eigenvalue weighted by molar-refractivity contribution is 4.84. The number of rotatable bonds is 11. The van der Waals surface area contributed by atoms with Crippen LogP contribution in [0.4, 0.5) is 0 Å². The van der Waals surface area contributed by atoms with E-state index in [0.717, 1.165) is 12.3 Å². The van der Waals surface area contributed by atoms with Crippen molar-refractivity contribution in [3.05, 3.63) is 0 Å². The first-order valence-corrected chi connectivity index (χ1v) is 11.5. The average molecular weight is 383 g/mol. The van der Waals surface area contributed by atoms with Crippen LogP contribution < -0.4 is 0 Å². The molecule has 0 aromatic heterocycles. The first-order chi connectivity index (χ1) is 11.9. The van der Waals surface area contributed by atoms with E-state index in [4.69, 9.17) is 0 Å². The highest BCUT2D eigenvalue weighted by atomic mass is 16.3. The Morgan fingerprint density at radius 3 is 1.41 bits per heavy atom. The van der Waals surface area contributed by atoms with Crippen LogP contribution in [0.5, 0.6) is 0 Å². The maximum Gasteiger partial charge on any atom is 0.0464 e. The summed E-state index contributed by atoms with van der Waals surface area (Å²) >= 11 is 0. The molecule has 0 amide bonds. The first kappa shape index (κ1) is 27.0. The Kier molecular flexibility index (Phi) is 10.1. The standard InChI is InChI=1S/C26H54O/c1-20(15-23(3,4)5)17-25(9,10)14-13-22(19-27)26(11,12)18-21(2)16-24(6,7)8/h20-22,27H,13-19H2,1-12H3. The van der Waals surface area contributed by atoms with Gasteiger partial charge in [-0.25, -0.2) is 0 Å². The summed E-state index contributed by atoms with van der Waals surface area (Å²) in [7, 11) is 0. The van der Waals surface area contributed by atoms with Gasteiger partial charge in [-0.1, -0.05) is 83.1 Å². The van der Waals surface area contributed by atoms with Gasteiger partial charge in [-0.2, -0.15) is 0 Å². The lowest BCUT2D eigenvalue weighted by molar-refractivity contribution is 0.0676. The molecule has 1 N–H and O–H groups in total. The number of aliphatic hydroxyl groups is 1. The van der Waals surface area contributed by atoms with Gasteiger partial charge in [0.05, 0.1) is 0 Å². The molecule has 1 heteroatoms. The van der Waals surface area contributed by atoms with Gasteiger partial charge in [-0.15, -0.1) is 0 Å². The van der Waals surface area contributed by atoms with E-state index in [0.29, 0.717) is 34.7 Å². The number of hydrogen-bond acceptors (Lipinski definition) is 1. The van der Waals surface area contributed by atoms with Crippen molar-refractivity contribution in [3.8, 4) is 0 Å². The van der Waals surface area contributed by atoms with Gasteiger partial charge in [-0.3, -0.25) is 0 Å². The van der Waals surface area contributed by atoms with Crippen LogP contribution in [0, 0.1) is 39.4 Å². The molecule has 0 radical (unpaired) electrons. The zero-order valence-corrected chi connectivity index (χ0v) is 21.1. The molecule has 0 aliphatic heterocycles. The van der Waals surface area contributed by atoms with E-state index in [1.165, 1.54) is 32.1 Å². The molecule has 164 valence electrons. The van der Waals surface area contributed by atoms with Gasteiger partial charge in [-0.05, 0) is 77.9 Å². The Morgan fingerprint density at radius 2 is 1.04 bits per heavy atom. The molecular weight excluding hydrogens is 328 g/mol. The third kappa shape index (κ3) is 12.9. The highest BCUT2D eigenvalue weighted by Crippen LogP contribution is 2.42. The molecule has 0 saturated heterocycles. The second kappa shape index (κ2) is 10.1. The summed E-state index contributed by atoms with van der Waals surface area (Å²) in [5, 5.41) is 10.1. The lowest BCUT2D eigenvalue weighted by Gasteiger charge is -2.39. The topological polar surface area (TPSA) is 20.2 Å². The Morgan fingerprint density at radius 1 is 0.630 bits per heavy atom. The van der Waals surface area contributed by atoms with Crippen LogP contribution in [-0.2, 0) is 0 Å². The van der Waals surface area contributed by atoms with Gasteiger partial charge in [0.2, 0.25) is 0 Å². The van der Waals surface area contributed by atoms with Crippen LogP contribution in [0.2, 0.25) is 0 Å². The Hall–Kier alpha value is -0.0400. The van der Waals surface area contributed by atoms with Gasteiger partial charge in [0.1, 0.15) is 0 Å². The van der Waals surface area contributed by atoms with Crippen molar-refractivity contribution in [2.45, 2.75) is 122 Å². The lowest BCUT2D eigenvalue weighted by atomic mass is 9.67. The fraction of sp³-hybridized carbons (Fsp3) is 1.00. The van der Waals surface area contributed by atoms with Gasteiger partial charge in [0.25, 0.3) is 0 Å². The lowest BCUT2D eigenvalue weighted by Crippen LogP contribution is -2.31. The zero-order valence-electron chi connectivity index (χ0n) is 21.1. The summed E-state index contributed by atoms with van der Waals surface area (Å²) in [5.74, 6) is 1.86. The minimum Gasteiger partial charge on any atom is -0.396 e. The smallest absolute Gasteiger partial charge is 0.0464 e. The summed E-state index contributed by atoms with van der Waals surface area (Å²) in [6.07, 6.45) is 7.38. The number of aliphatic hydroxyl groups excluding tert-OH is 1.